The topological polar surface area (TPSA) is 114 Å². The highest BCUT2D eigenvalue weighted by Crippen LogP contribution is 2.33. The zero-order valence-electron chi connectivity index (χ0n) is 16.4. The Morgan fingerprint density at radius 1 is 1.32 bits per heavy atom. The predicted molar refractivity (Wildman–Crippen MR) is 103 cm³/mol. The van der Waals surface area contributed by atoms with Gasteiger partial charge in [0.25, 0.3) is 0 Å². The molecule has 9 nitrogen and oxygen atoms in total. The highest BCUT2D eigenvalue weighted by atomic mass is 32.1. The Morgan fingerprint density at radius 2 is 2.04 bits per heavy atom. The molecule has 2 rings (SSSR count). The minimum Gasteiger partial charge on any atom is -0.469 e. The van der Waals surface area contributed by atoms with E-state index in [-0.39, 0.29) is 31.4 Å². The highest BCUT2D eigenvalue weighted by Gasteiger charge is 2.33. The van der Waals surface area contributed by atoms with Gasteiger partial charge in [0, 0.05) is 18.0 Å². The second-order valence-corrected chi connectivity index (χ2v) is 7.54. The average molecular weight is 411 g/mol. The summed E-state index contributed by atoms with van der Waals surface area (Å²) in [6, 6.07) is -0.775. The monoisotopic (exact) mass is 411 g/mol. The van der Waals surface area contributed by atoms with Crippen molar-refractivity contribution in [2.75, 3.05) is 38.7 Å². The molecule has 1 atom stereocenters. The standard InChI is InChI=1S/C18H25N3O6S/c1-5-27-18(25)15-10(2)11(3)28-17(15)20-13(22)9-21-7-6-19-16(24)12(21)8-14(23)26-4/h12H,5-9H2,1-4H3,(H,19,24)(H,20,22)/t12-/m1/s1. The van der Waals surface area contributed by atoms with Gasteiger partial charge >= 0.3 is 11.9 Å². The Kier molecular flexibility index (Phi) is 7.53. The summed E-state index contributed by atoms with van der Waals surface area (Å²) < 4.78 is 9.72. The van der Waals surface area contributed by atoms with Crippen LogP contribution in [0.3, 0.4) is 0 Å². The summed E-state index contributed by atoms with van der Waals surface area (Å²) in [7, 11) is 1.25. The van der Waals surface area contributed by atoms with Crippen LogP contribution in [0.4, 0.5) is 5.00 Å². The number of carbonyl (C=O) groups is 4. The van der Waals surface area contributed by atoms with Crippen LogP contribution < -0.4 is 10.6 Å². The summed E-state index contributed by atoms with van der Waals surface area (Å²) in [5.74, 6) is -1.71. The Labute approximate surface area is 167 Å². The molecule has 2 N–H and O–H groups in total. The molecule has 0 spiro atoms. The molecule has 28 heavy (non-hydrogen) atoms. The number of piperazine rings is 1. The number of nitrogens with one attached hydrogen (secondary N) is 2. The maximum Gasteiger partial charge on any atom is 0.341 e. The van der Waals surface area contributed by atoms with Crippen LogP contribution >= 0.6 is 11.3 Å². The number of rotatable bonds is 7. The zero-order valence-corrected chi connectivity index (χ0v) is 17.2. The van der Waals surface area contributed by atoms with Crippen LogP contribution in [-0.2, 0) is 23.9 Å². The summed E-state index contributed by atoms with van der Waals surface area (Å²) in [5.41, 5.74) is 1.11. The van der Waals surface area contributed by atoms with Gasteiger partial charge in [-0.05, 0) is 26.3 Å². The average Bonchev–Trinajstić information content (AvgIpc) is 2.91. The first kappa shape index (κ1) is 21.8. The Morgan fingerprint density at radius 3 is 2.68 bits per heavy atom. The molecular formula is C18H25N3O6S. The van der Waals surface area contributed by atoms with Crippen molar-refractivity contribution < 1.29 is 28.7 Å². The van der Waals surface area contributed by atoms with Crippen LogP contribution in [0.5, 0.6) is 0 Å². The first-order chi connectivity index (χ1) is 13.3. The molecule has 1 saturated heterocycles. The predicted octanol–water partition coefficient (Wildman–Crippen LogP) is 0.844. The lowest BCUT2D eigenvalue weighted by Gasteiger charge is -2.33. The lowest BCUT2D eigenvalue weighted by Crippen LogP contribution is -2.57. The molecule has 1 aliphatic rings. The van der Waals surface area contributed by atoms with Gasteiger partial charge in [-0.1, -0.05) is 0 Å². The lowest BCUT2D eigenvalue weighted by molar-refractivity contribution is -0.146. The molecule has 2 amide bonds. The fourth-order valence-corrected chi connectivity index (χ4v) is 3.99. The van der Waals surface area contributed by atoms with Gasteiger partial charge in [-0.15, -0.1) is 11.3 Å². The van der Waals surface area contributed by atoms with Crippen LogP contribution in [0.1, 0.15) is 34.1 Å². The van der Waals surface area contributed by atoms with Gasteiger partial charge in [-0.25, -0.2) is 4.79 Å². The summed E-state index contributed by atoms with van der Waals surface area (Å²) in [4.78, 5) is 51.1. The fraction of sp³-hybridized carbons (Fsp3) is 0.556. The maximum atomic E-state index is 12.6. The first-order valence-electron chi connectivity index (χ1n) is 8.94. The second kappa shape index (κ2) is 9.65. The van der Waals surface area contributed by atoms with Gasteiger partial charge < -0.3 is 20.1 Å². The number of hydrogen-bond donors (Lipinski definition) is 2. The minimum absolute atomic E-state index is 0.0899. The summed E-state index contributed by atoms with van der Waals surface area (Å²) in [6.45, 7) is 6.33. The van der Waals surface area contributed by atoms with Gasteiger partial charge in [-0.2, -0.15) is 0 Å². The lowest BCUT2D eigenvalue weighted by atomic mass is 10.1. The van der Waals surface area contributed by atoms with E-state index in [1.165, 1.54) is 18.4 Å². The van der Waals surface area contributed by atoms with E-state index < -0.39 is 18.0 Å². The molecule has 1 fully saturated rings. The molecule has 2 heterocycles. The molecule has 154 valence electrons. The molecule has 0 saturated carbocycles. The van der Waals surface area contributed by atoms with Crippen molar-refractivity contribution in [3.63, 3.8) is 0 Å². The van der Waals surface area contributed by atoms with E-state index in [1.54, 1.807) is 18.7 Å². The molecule has 0 radical (unpaired) electrons. The van der Waals surface area contributed by atoms with Crippen LogP contribution in [-0.4, -0.2) is 68.0 Å². The summed E-state index contributed by atoms with van der Waals surface area (Å²) in [5, 5.41) is 5.86. The Balaban J connectivity index is 2.12. The van der Waals surface area contributed by atoms with Crippen molar-refractivity contribution in [2.45, 2.75) is 33.2 Å². The van der Waals surface area contributed by atoms with E-state index in [2.05, 4.69) is 15.4 Å². The quantitative estimate of drug-likeness (QED) is 0.639. The van der Waals surface area contributed by atoms with Gasteiger partial charge in [0.2, 0.25) is 11.8 Å². The third kappa shape index (κ3) is 5.08. The number of esters is 2. The molecule has 1 aliphatic heterocycles. The molecule has 1 aromatic rings. The van der Waals surface area contributed by atoms with Gasteiger partial charge in [-0.3, -0.25) is 19.3 Å². The van der Waals surface area contributed by atoms with Gasteiger partial charge in [0.05, 0.1) is 32.2 Å². The normalized spacial score (nSPS) is 17.0. The van der Waals surface area contributed by atoms with Crippen LogP contribution in [0.25, 0.3) is 0 Å². The molecular weight excluding hydrogens is 386 g/mol. The van der Waals surface area contributed by atoms with E-state index >= 15 is 0 Å². The van der Waals surface area contributed by atoms with Crippen molar-refractivity contribution in [2.24, 2.45) is 0 Å². The summed E-state index contributed by atoms with van der Waals surface area (Å²) in [6.07, 6.45) is -0.138. The maximum absolute atomic E-state index is 12.6. The van der Waals surface area contributed by atoms with Crippen molar-refractivity contribution in [3.8, 4) is 0 Å². The van der Waals surface area contributed by atoms with E-state index in [9.17, 15) is 19.2 Å². The van der Waals surface area contributed by atoms with Gasteiger partial charge in [0.1, 0.15) is 11.0 Å². The number of aryl methyl sites for hydroxylation is 1. The zero-order chi connectivity index (χ0) is 20.8. The van der Waals surface area contributed by atoms with Crippen LogP contribution in [0.2, 0.25) is 0 Å². The number of amides is 2. The largest absolute Gasteiger partial charge is 0.469 e. The number of methoxy groups -OCH3 is 1. The molecule has 10 heteroatoms. The number of ether oxygens (including phenoxy) is 2. The van der Waals surface area contributed by atoms with E-state index in [4.69, 9.17) is 4.74 Å². The van der Waals surface area contributed by atoms with E-state index in [0.717, 1.165) is 10.4 Å². The number of anilines is 1. The van der Waals surface area contributed by atoms with Crippen molar-refractivity contribution >= 4 is 40.1 Å². The van der Waals surface area contributed by atoms with Crippen molar-refractivity contribution in [1.82, 2.24) is 10.2 Å². The number of hydrogen-bond acceptors (Lipinski definition) is 8. The van der Waals surface area contributed by atoms with E-state index in [1.807, 2.05) is 6.92 Å². The number of nitrogens with zero attached hydrogens (tertiary/aromatic N) is 1. The third-order valence-electron chi connectivity index (χ3n) is 4.49. The van der Waals surface area contributed by atoms with E-state index in [0.29, 0.717) is 23.7 Å². The molecule has 0 bridgehead atoms. The Hall–Kier alpha value is -2.46. The molecule has 0 unspecified atom stereocenters. The third-order valence-corrected chi connectivity index (χ3v) is 5.62. The molecule has 0 aromatic carbocycles. The second-order valence-electron chi connectivity index (χ2n) is 6.31. The number of carbonyl (C=O) groups excluding carboxylic acids is 4. The minimum atomic E-state index is -0.775. The first-order valence-corrected chi connectivity index (χ1v) is 9.75. The summed E-state index contributed by atoms with van der Waals surface area (Å²) >= 11 is 1.30. The Bertz CT molecular complexity index is 776. The van der Waals surface area contributed by atoms with Crippen LogP contribution in [0.15, 0.2) is 0 Å². The molecule has 0 aliphatic carbocycles. The number of thiophene rings is 1. The SMILES string of the molecule is CCOC(=O)c1c(NC(=O)CN2CCNC(=O)[C@H]2CC(=O)OC)sc(C)c1C. The smallest absolute Gasteiger partial charge is 0.341 e. The highest BCUT2D eigenvalue weighted by molar-refractivity contribution is 7.16. The van der Waals surface area contributed by atoms with Crippen molar-refractivity contribution in [1.29, 1.82) is 0 Å². The van der Waals surface area contributed by atoms with Gasteiger partial charge in [0.15, 0.2) is 0 Å². The van der Waals surface area contributed by atoms with Crippen LogP contribution in [0, 0.1) is 13.8 Å². The molecule has 1 aromatic heterocycles. The fourth-order valence-electron chi connectivity index (χ4n) is 2.93. The van der Waals surface area contributed by atoms with Crippen molar-refractivity contribution in [3.05, 3.63) is 16.0 Å².